The van der Waals surface area contributed by atoms with Crippen LogP contribution in [0.2, 0.25) is 0 Å². The maximum Gasteiger partial charge on any atom is 0.414 e. The second-order valence-electron chi connectivity index (χ2n) is 7.47. The number of hydrogen-bond acceptors (Lipinski definition) is 5. The highest BCUT2D eigenvalue weighted by Gasteiger charge is 2.41. The summed E-state index contributed by atoms with van der Waals surface area (Å²) in [6, 6.07) is -1.37. The Balaban J connectivity index is 2.54. The molecular weight excluding hydrogens is 396 g/mol. The predicted molar refractivity (Wildman–Crippen MR) is 96.0 cm³/mol. The first-order chi connectivity index (χ1) is 13.4. The van der Waals surface area contributed by atoms with Gasteiger partial charge in [-0.2, -0.15) is 0 Å². The molecule has 0 fully saturated rings. The van der Waals surface area contributed by atoms with E-state index < -0.39 is 58.4 Å². The first-order valence-corrected chi connectivity index (χ1v) is 8.70. The van der Waals surface area contributed by atoms with Crippen molar-refractivity contribution < 1.29 is 31.9 Å². The second kappa shape index (κ2) is 8.36. The molecule has 1 aliphatic heterocycles. The molecule has 0 saturated carbocycles. The molecule has 0 saturated heterocycles. The van der Waals surface area contributed by atoms with E-state index in [4.69, 9.17) is 4.74 Å². The van der Waals surface area contributed by atoms with E-state index in [1.54, 1.807) is 20.8 Å². The molecule has 1 aromatic rings. The number of carbonyl (C=O) groups is 2. The number of benzene rings is 1. The van der Waals surface area contributed by atoms with Crippen molar-refractivity contribution in [2.75, 3.05) is 20.6 Å². The summed E-state index contributed by atoms with van der Waals surface area (Å²) >= 11 is 0. The van der Waals surface area contributed by atoms with Crippen molar-refractivity contribution in [1.29, 1.82) is 0 Å². The molecule has 1 aromatic carbocycles. The Hall–Kier alpha value is -2.69. The number of nitrogens with one attached hydrogen (secondary N) is 2. The van der Waals surface area contributed by atoms with Gasteiger partial charge in [0.25, 0.3) is 0 Å². The van der Waals surface area contributed by atoms with Gasteiger partial charge in [0.2, 0.25) is 11.9 Å². The number of amides is 2. The zero-order chi connectivity index (χ0) is 22.1. The van der Waals surface area contributed by atoms with Gasteiger partial charge in [-0.05, 0) is 27.8 Å². The molecule has 2 amide bonds. The molecule has 1 heterocycles. The Labute approximate surface area is 165 Å². The molecule has 0 radical (unpaired) electrons. The molecule has 2 rings (SSSR count). The van der Waals surface area contributed by atoms with E-state index >= 15 is 0 Å². The lowest BCUT2D eigenvalue weighted by molar-refractivity contribution is -0.132. The number of carbonyl (C=O) groups excluding carboxylic acids is 2. The summed E-state index contributed by atoms with van der Waals surface area (Å²) < 4.78 is 60.9. The summed E-state index contributed by atoms with van der Waals surface area (Å²) in [5.41, 5.74) is -1.76. The fourth-order valence-corrected chi connectivity index (χ4v) is 2.84. The van der Waals surface area contributed by atoms with Crippen LogP contribution in [0.5, 0.6) is 0 Å². The number of aliphatic imine (C=N–C) groups is 1. The number of halogens is 4. The van der Waals surface area contributed by atoms with Gasteiger partial charge in [-0.15, -0.1) is 0 Å². The molecule has 0 spiro atoms. The zero-order valence-electron chi connectivity index (χ0n) is 16.6. The minimum Gasteiger partial charge on any atom is -0.444 e. The largest absolute Gasteiger partial charge is 0.444 e. The molecule has 160 valence electrons. The van der Waals surface area contributed by atoms with E-state index in [1.165, 1.54) is 14.1 Å². The quantitative estimate of drug-likeness (QED) is 0.449. The van der Waals surface area contributed by atoms with Gasteiger partial charge in [0.1, 0.15) is 11.4 Å². The van der Waals surface area contributed by atoms with Crippen molar-refractivity contribution in [2.45, 2.75) is 32.4 Å². The van der Waals surface area contributed by atoms with Crippen LogP contribution in [0, 0.1) is 29.2 Å². The Bertz CT molecular complexity index is 854. The van der Waals surface area contributed by atoms with Crippen LogP contribution >= 0.6 is 0 Å². The van der Waals surface area contributed by atoms with Crippen LogP contribution in [0.25, 0.3) is 0 Å². The molecule has 2 atom stereocenters. The van der Waals surface area contributed by atoms with Crippen LogP contribution in [-0.4, -0.2) is 49.1 Å². The fraction of sp³-hybridized carbons (Fsp3) is 0.500. The zero-order valence-corrected chi connectivity index (χ0v) is 16.6. The summed E-state index contributed by atoms with van der Waals surface area (Å²) in [4.78, 5) is 29.8. The monoisotopic (exact) mass is 418 g/mol. The van der Waals surface area contributed by atoms with E-state index in [0.29, 0.717) is 0 Å². The molecule has 1 aliphatic rings. The maximum atomic E-state index is 14.4. The smallest absolute Gasteiger partial charge is 0.414 e. The lowest BCUT2D eigenvalue weighted by Gasteiger charge is -2.34. The number of ether oxygens (including phenoxy) is 1. The third kappa shape index (κ3) is 4.84. The standard InChI is InChI=1S/C18H22F4N4O3/c1-18(2,3)29-17(28)25-16-24-14(8(7-23-4)15(27)26(16)5)11-9(19)6-10(20)12(21)13(11)22/h6,8,14,23H,7H2,1-5H3,(H,24,25,28)/t8-,14+/m1/s1. The van der Waals surface area contributed by atoms with Gasteiger partial charge in [-0.25, -0.2) is 27.3 Å². The third-order valence-corrected chi connectivity index (χ3v) is 4.09. The number of guanidine groups is 1. The Morgan fingerprint density at radius 1 is 1.21 bits per heavy atom. The molecule has 0 unspecified atom stereocenters. The Morgan fingerprint density at radius 2 is 1.83 bits per heavy atom. The molecule has 29 heavy (non-hydrogen) atoms. The number of nitrogens with zero attached hydrogens (tertiary/aromatic N) is 2. The van der Waals surface area contributed by atoms with E-state index in [-0.39, 0.29) is 18.6 Å². The third-order valence-electron chi connectivity index (χ3n) is 4.09. The van der Waals surface area contributed by atoms with Gasteiger partial charge < -0.3 is 10.1 Å². The lowest BCUT2D eigenvalue weighted by Crippen LogP contribution is -2.53. The summed E-state index contributed by atoms with van der Waals surface area (Å²) in [6.07, 6.45) is -0.951. The highest BCUT2D eigenvalue weighted by molar-refractivity contribution is 6.05. The van der Waals surface area contributed by atoms with E-state index in [9.17, 15) is 27.2 Å². The van der Waals surface area contributed by atoms with Gasteiger partial charge in [0.05, 0.1) is 17.5 Å². The molecule has 7 nitrogen and oxygen atoms in total. The van der Waals surface area contributed by atoms with E-state index in [1.807, 2.05) is 0 Å². The lowest BCUT2D eigenvalue weighted by atomic mass is 9.90. The van der Waals surface area contributed by atoms with Crippen molar-refractivity contribution in [3.05, 3.63) is 34.9 Å². The van der Waals surface area contributed by atoms with Crippen molar-refractivity contribution >= 4 is 18.0 Å². The van der Waals surface area contributed by atoms with Gasteiger partial charge in [0.15, 0.2) is 17.5 Å². The average Bonchev–Trinajstić information content (AvgIpc) is 2.59. The van der Waals surface area contributed by atoms with Crippen LogP contribution in [0.15, 0.2) is 11.1 Å². The average molecular weight is 418 g/mol. The van der Waals surface area contributed by atoms with Crippen LogP contribution in [0.3, 0.4) is 0 Å². The topological polar surface area (TPSA) is 83.0 Å². The molecular formula is C18H22F4N4O3. The summed E-state index contributed by atoms with van der Waals surface area (Å²) in [6.45, 7) is 4.78. The van der Waals surface area contributed by atoms with Crippen molar-refractivity contribution in [1.82, 2.24) is 15.5 Å². The van der Waals surface area contributed by atoms with Gasteiger partial charge in [0, 0.05) is 19.7 Å². The van der Waals surface area contributed by atoms with E-state index in [0.717, 1.165) is 4.90 Å². The highest BCUT2D eigenvalue weighted by atomic mass is 19.2. The molecule has 11 heteroatoms. The molecule has 0 aliphatic carbocycles. The molecule has 0 aromatic heterocycles. The Morgan fingerprint density at radius 3 is 2.38 bits per heavy atom. The summed E-state index contributed by atoms with van der Waals surface area (Å²) in [5.74, 6) is -8.89. The van der Waals surface area contributed by atoms with Crippen molar-refractivity contribution in [2.24, 2.45) is 10.9 Å². The minimum absolute atomic E-state index is 0.0606. The summed E-state index contributed by atoms with van der Waals surface area (Å²) in [7, 11) is 2.80. The maximum absolute atomic E-state index is 14.4. The van der Waals surface area contributed by atoms with Gasteiger partial charge in [-0.1, -0.05) is 0 Å². The van der Waals surface area contributed by atoms with Crippen LogP contribution < -0.4 is 10.6 Å². The van der Waals surface area contributed by atoms with Gasteiger partial charge in [-0.3, -0.25) is 15.0 Å². The second-order valence-corrected chi connectivity index (χ2v) is 7.47. The van der Waals surface area contributed by atoms with Crippen LogP contribution in [-0.2, 0) is 9.53 Å². The van der Waals surface area contributed by atoms with Crippen LogP contribution in [0.1, 0.15) is 32.4 Å². The predicted octanol–water partition coefficient (Wildman–Crippen LogP) is 2.47. The first-order valence-electron chi connectivity index (χ1n) is 8.70. The minimum atomic E-state index is -1.88. The first kappa shape index (κ1) is 22.6. The molecule has 2 N–H and O–H groups in total. The highest BCUT2D eigenvalue weighted by Crippen LogP contribution is 2.35. The van der Waals surface area contributed by atoms with Crippen molar-refractivity contribution in [3.63, 3.8) is 0 Å². The van der Waals surface area contributed by atoms with Crippen molar-refractivity contribution in [3.8, 4) is 0 Å². The SMILES string of the molecule is CNC[C@H]1C(=O)N(C)C(NC(=O)OC(C)(C)C)=N[C@@H]1c1c(F)cc(F)c(F)c1F. The van der Waals surface area contributed by atoms with Crippen LogP contribution in [0.4, 0.5) is 22.4 Å². The number of alkyl carbamates (subject to hydrolysis) is 1. The normalized spacial score (nSPS) is 19.8. The Kier molecular flexibility index (Phi) is 6.51. The summed E-state index contributed by atoms with van der Waals surface area (Å²) in [5, 5.41) is 4.94. The number of hydrogen-bond donors (Lipinski definition) is 2. The van der Waals surface area contributed by atoms with Gasteiger partial charge >= 0.3 is 6.09 Å². The molecule has 0 bridgehead atoms. The number of rotatable bonds is 3. The van der Waals surface area contributed by atoms with E-state index in [2.05, 4.69) is 15.6 Å². The fourth-order valence-electron chi connectivity index (χ4n) is 2.84.